The molecule has 28 heavy (non-hydrogen) atoms. The molecule has 0 fully saturated rings. The van der Waals surface area contributed by atoms with Gasteiger partial charge < -0.3 is 10.1 Å². The van der Waals surface area contributed by atoms with Crippen molar-refractivity contribution in [1.29, 1.82) is 0 Å². The van der Waals surface area contributed by atoms with Gasteiger partial charge in [-0.1, -0.05) is 18.5 Å². The molecule has 0 spiro atoms. The second kappa shape index (κ2) is 8.96. The van der Waals surface area contributed by atoms with Crippen molar-refractivity contribution in [3.63, 3.8) is 0 Å². The van der Waals surface area contributed by atoms with Gasteiger partial charge in [0.25, 0.3) is 5.91 Å². The smallest absolute Gasteiger partial charge is 0.422 e. The number of Topliss-reactive ketones (excluding diaryl/α,β-unsaturated/α-hetero) is 1. The standard InChI is InChI=1S/C17H16ClF3N4O3/c1-3-13(26)14-24-9(2)4-12(25-14)15(27)22-6-10-5-11(18)16(23-7-10)28-8-17(19,20)21/h4-5,7H,3,6,8H2,1-2H3,(H,22,27). The summed E-state index contributed by atoms with van der Waals surface area (Å²) in [6, 6.07) is 2.76. The number of amides is 1. The molecule has 0 aromatic carbocycles. The summed E-state index contributed by atoms with van der Waals surface area (Å²) >= 11 is 5.86. The average Bonchev–Trinajstić information content (AvgIpc) is 2.63. The van der Waals surface area contributed by atoms with Gasteiger partial charge in [0, 0.05) is 24.9 Å². The predicted octanol–water partition coefficient (Wildman–Crippen LogP) is 3.30. The number of pyridine rings is 1. The Hall–Kier alpha value is -2.75. The van der Waals surface area contributed by atoms with Crippen LogP contribution in [0.4, 0.5) is 13.2 Å². The normalized spacial score (nSPS) is 11.2. The van der Waals surface area contributed by atoms with E-state index in [1.807, 2.05) is 0 Å². The summed E-state index contributed by atoms with van der Waals surface area (Å²) in [4.78, 5) is 35.7. The highest BCUT2D eigenvalue weighted by Gasteiger charge is 2.29. The van der Waals surface area contributed by atoms with Crippen LogP contribution in [0.2, 0.25) is 5.02 Å². The Balaban J connectivity index is 2.04. The molecule has 0 aliphatic rings. The summed E-state index contributed by atoms with van der Waals surface area (Å²) in [5, 5.41) is 2.45. The van der Waals surface area contributed by atoms with Gasteiger partial charge >= 0.3 is 6.18 Å². The molecule has 2 aromatic heterocycles. The lowest BCUT2D eigenvalue weighted by Gasteiger charge is -2.11. The molecule has 0 atom stereocenters. The number of aromatic nitrogens is 3. The molecular weight excluding hydrogens is 401 g/mol. The molecule has 0 aliphatic heterocycles. The maximum atomic E-state index is 12.3. The number of ketones is 1. The van der Waals surface area contributed by atoms with Crippen LogP contribution in [0, 0.1) is 6.92 Å². The molecule has 150 valence electrons. The third-order valence-electron chi connectivity index (χ3n) is 3.35. The van der Waals surface area contributed by atoms with Crippen LogP contribution in [0.3, 0.4) is 0 Å². The van der Waals surface area contributed by atoms with Gasteiger partial charge in [-0.2, -0.15) is 13.2 Å². The van der Waals surface area contributed by atoms with Gasteiger partial charge in [0.15, 0.2) is 18.2 Å². The maximum Gasteiger partial charge on any atom is 0.422 e. The molecule has 2 heterocycles. The number of rotatable bonds is 7. The van der Waals surface area contributed by atoms with E-state index in [9.17, 15) is 22.8 Å². The van der Waals surface area contributed by atoms with Crippen LogP contribution in [0.15, 0.2) is 18.3 Å². The van der Waals surface area contributed by atoms with Gasteiger partial charge in [0.05, 0.1) is 0 Å². The topological polar surface area (TPSA) is 94.1 Å². The van der Waals surface area contributed by atoms with Gasteiger partial charge in [0.2, 0.25) is 5.88 Å². The number of nitrogens with one attached hydrogen (secondary N) is 1. The summed E-state index contributed by atoms with van der Waals surface area (Å²) in [6.45, 7) is 1.77. The third kappa shape index (κ3) is 6.15. The maximum absolute atomic E-state index is 12.3. The van der Waals surface area contributed by atoms with Gasteiger partial charge in [-0.3, -0.25) is 9.59 Å². The molecule has 0 aliphatic carbocycles. The molecule has 1 amide bonds. The minimum absolute atomic E-state index is 0.00872. The van der Waals surface area contributed by atoms with Crippen molar-refractivity contribution in [2.24, 2.45) is 0 Å². The summed E-state index contributed by atoms with van der Waals surface area (Å²) in [5.74, 6) is -1.24. The van der Waals surface area contributed by atoms with Crippen LogP contribution in [0.25, 0.3) is 0 Å². The van der Waals surface area contributed by atoms with Crippen molar-refractivity contribution in [2.45, 2.75) is 33.0 Å². The number of carbonyl (C=O) groups is 2. The number of halogens is 4. The lowest BCUT2D eigenvalue weighted by Crippen LogP contribution is -2.25. The van der Waals surface area contributed by atoms with Crippen molar-refractivity contribution in [1.82, 2.24) is 20.3 Å². The van der Waals surface area contributed by atoms with E-state index in [1.165, 1.54) is 18.3 Å². The Bertz CT molecular complexity index is 890. The summed E-state index contributed by atoms with van der Waals surface area (Å²) in [6.07, 6.45) is -3.07. The number of nitrogens with zero attached hydrogens (tertiary/aromatic N) is 3. The fourth-order valence-electron chi connectivity index (χ4n) is 2.06. The zero-order valence-electron chi connectivity index (χ0n) is 14.9. The number of alkyl halides is 3. The number of hydrogen-bond donors (Lipinski definition) is 1. The molecule has 0 saturated heterocycles. The third-order valence-corrected chi connectivity index (χ3v) is 3.62. The predicted molar refractivity (Wildman–Crippen MR) is 93.4 cm³/mol. The Kier molecular flexibility index (Phi) is 6.90. The zero-order valence-corrected chi connectivity index (χ0v) is 15.7. The highest BCUT2D eigenvalue weighted by Crippen LogP contribution is 2.25. The van der Waals surface area contributed by atoms with Crippen LogP contribution in [-0.2, 0) is 6.54 Å². The van der Waals surface area contributed by atoms with Gasteiger partial charge in [-0.15, -0.1) is 0 Å². The highest BCUT2D eigenvalue weighted by atomic mass is 35.5. The molecule has 2 rings (SSSR count). The van der Waals surface area contributed by atoms with Crippen molar-refractivity contribution >= 4 is 23.3 Å². The molecule has 1 N–H and O–H groups in total. The number of carbonyl (C=O) groups excluding carboxylic acids is 2. The van der Waals surface area contributed by atoms with Gasteiger partial charge in [-0.05, 0) is 24.6 Å². The van der Waals surface area contributed by atoms with E-state index in [4.69, 9.17) is 11.6 Å². The second-order valence-corrected chi connectivity index (χ2v) is 6.12. The first-order valence-corrected chi connectivity index (χ1v) is 8.48. The van der Waals surface area contributed by atoms with E-state index in [1.54, 1.807) is 13.8 Å². The molecule has 11 heteroatoms. The molecule has 0 unspecified atom stereocenters. The van der Waals surface area contributed by atoms with Crippen LogP contribution in [0.5, 0.6) is 5.88 Å². The van der Waals surface area contributed by atoms with Crippen LogP contribution >= 0.6 is 11.6 Å². The number of aryl methyl sites for hydroxylation is 1. The summed E-state index contributed by atoms with van der Waals surface area (Å²) in [7, 11) is 0. The molecule has 0 radical (unpaired) electrons. The van der Waals surface area contributed by atoms with E-state index >= 15 is 0 Å². The lowest BCUT2D eigenvalue weighted by molar-refractivity contribution is -0.154. The lowest BCUT2D eigenvalue weighted by atomic mass is 10.2. The van der Waals surface area contributed by atoms with E-state index < -0.39 is 18.7 Å². The number of ether oxygens (including phenoxy) is 1. The highest BCUT2D eigenvalue weighted by molar-refractivity contribution is 6.31. The van der Waals surface area contributed by atoms with Crippen LogP contribution in [0.1, 0.15) is 45.7 Å². The first kappa shape index (κ1) is 21.5. The van der Waals surface area contributed by atoms with E-state index in [0.717, 1.165) is 0 Å². The van der Waals surface area contributed by atoms with E-state index in [2.05, 4.69) is 25.0 Å². The Morgan fingerprint density at radius 1 is 1.25 bits per heavy atom. The van der Waals surface area contributed by atoms with Crippen molar-refractivity contribution < 1.29 is 27.5 Å². The molecule has 2 aromatic rings. The Morgan fingerprint density at radius 3 is 2.57 bits per heavy atom. The van der Waals surface area contributed by atoms with Crippen molar-refractivity contribution in [2.75, 3.05) is 6.61 Å². The first-order chi connectivity index (χ1) is 13.1. The summed E-state index contributed by atoms with van der Waals surface area (Å²) < 4.78 is 41.0. The van der Waals surface area contributed by atoms with Crippen LogP contribution in [-0.4, -0.2) is 39.4 Å². The molecular formula is C17H16ClF3N4O3. The minimum atomic E-state index is -4.51. The van der Waals surface area contributed by atoms with Gasteiger partial charge in [-0.25, -0.2) is 15.0 Å². The second-order valence-electron chi connectivity index (χ2n) is 5.71. The van der Waals surface area contributed by atoms with Crippen molar-refractivity contribution in [3.05, 3.63) is 46.1 Å². The first-order valence-electron chi connectivity index (χ1n) is 8.10. The van der Waals surface area contributed by atoms with E-state index in [0.29, 0.717) is 11.3 Å². The Labute approximate surface area is 163 Å². The fourth-order valence-corrected chi connectivity index (χ4v) is 2.30. The van der Waals surface area contributed by atoms with Crippen LogP contribution < -0.4 is 10.1 Å². The molecule has 0 bridgehead atoms. The van der Waals surface area contributed by atoms with E-state index in [-0.39, 0.29) is 41.2 Å². The Morgan fingerprint density at radius 2 is 1.96 bits per heavy atom. The summed E-state index contributed by atoms with van der Waals surface area (Å²) in [5.41, 5.74) is 0.926. The van der Waals surface area contributed by atoms with Crippen molar-refractivity contribution in [3.8, 4) is 5.88 Å². The average molecular weight is 417 g/mol. The fraction of sp³-hybridized carbons (Fsp3) is 0.353. The zero-order chi connectivity index (χ0) is 20.9. The quantitative estimate of drug-likeness (QED) is 0.696. The van der Waals surface area contributed by atoms with Gasteiger partial charge in [0.1, 0.15) is 10.7 Å². The molecule has 7 nitrogen and oxygen atoms in total. The largest absolute Gasteiger partial charge is 0.467 e. The molecule has 0 saturated carbocycles. The minimum Gasteiger partial charge on any atom is -0.467 e. The SMILES string of the molecule is CCC(=O)c1nc(C)cc(C(=O)NCc2cnc(OCC(F)(F)F)c(Cl)c2)n1. The number of hydrogen-bond acceptors (Lipinski definition) is 6. The monoisotopic (exact) mass is 416 g/mol.